The summed E-state index contributed by atoms with van der Waals surface area (Å²) in [7, 11) is 0. The maximum absolute atomic E-state index is 13.0. The highest BCUT2D eigenvalue weighted by Gasteiger charge is 2.42. The average Bonchev–Trinajstić information content (AvgIpc) is 2.96. The largest absolute Gasteiger partial charge is 0.475 e. The van der Waals surface area contributed by atoms with Crippen molar-refractivity contribution in [2.45, 2.75) is 12.3 Å². The van der Waals surface area contributed by atoms with E-state index in [-0.39, 0.29) is 5.75 Å². The third-order valence-corrected chi connectivity index (χ3v) is 3.96. The topological polar surface area (TPSA) is 37.9 Å². The van der Waals surface area contributed by atoms with Gasteiger partial charge in [0.25, 0.3) is 0 Å². The minimum Gasteiger partial charge on any atom is -0.475 e. The average molecular weight is 351 g/mol. The summed E-state index contributed by atoms with van der Waals surface area (Å²) in [6.07, 6.45) is -4.14. The van der Waals surface area contributed by atoms with Crippen LogP contribution in [-0.4, -0.2) is 22.2 Å². The molecular weight excluding hydrogens is 341 g/mol. The summed E-state index contributed by atoms with van der Waals surface area (Å²) in [4.78, 5) is 7.51. The fourth-order valence-electron chi connectivity index (χ4n) is 2.66. The van der Waals surface area contributed by atoms with Crippen molar-refractivity contribution in [1.29, 1.82) is 0 Å². The maximum atomic E-state index is 13.0. The number of aromatic amines is 1. The van der Waals surface area contributed by atoms with E-state index in [1.54, 1.807) is 12.1 Å². The second-order valence-electron chi connectivity index (χ2n) is 5.41. The zero-order valence-electron chi connectivity index (χ0n) is 12.1. The first kappa shape index (κ1) is 15.1. The molecule has 24 heavy (non-hydrogen) atoms. The first-order chi connectivity index (χ1) is 11.4. The van der Waals surface area contributed by atoms with Gasteiger partial charge in [-0.15, -0.1) is 0 Å². The van der Waals surface area contributed by atoms with E-state index >= 15 is 0 Å². The fraction of sp³-hybridized carbons (Fsp3) is 0.118. The Morgan fingerprint density at radius 2 is 1.96 bits per heavy atom. The van der Waals surface area contributed by atoms with Crippen molar-refractivity contribution >= 4 is 28.7 Å². The van der Waals surface area contributed by atoms with Crippen molar-refractivity contribution in [3.05, 3.63) is 53.1 Å². The maximum Gasteiger partial charge on any atom is 0.429 e. The highest BCUT2D eigenvalue weighted by Crippen LogP contribution is 2.41. The van der Waals surface area contributed by atoms with E-state index < -0.39 is 12.3 Å². The van der Waals surface area contributed by atoms with Crippen LogP contribution in [0.25, 0.3) is 28.5 Å². The van der Waals surface area contributed by atoms with E-state index in [9.17, 15) is 13.2 Å². The molecule has 2 heterocycles. The number of alkyl halides is 3. The molecule has 1 aliphatic rings. The molecule has 0 unspecified atom stereocenters. The zero-order chi connectivity index (χ0) is 16.9. The number of aromatic nitrogens is 2. The van der Waals surface area contributed by atoms with Crippen LogP contribution in [0.15, 0.2) is 42.5 Å². The number of imidazole rings is 1. The second kappa shape index (κ2) is 5.27. The van der Waals surface area contributed by atoms with E-state index in [0.717, 1.165) is 11.6 Å². The number of hydrogen-bond acceptors (Lipinski definition) is 2. The van der Waals surface area contributed by atoms with Crippen molar-refractivity contribution in [2.75, 3.05) is 0 Å². The van der Waals surface area contributed by atoms with Crippen LogP contribution < -0.4 is 4.74 Å². The summed E-state index contributed by atoms with van der Waals surface area (Å²) in [5.41, 5.74) is 2.37. The summed E-state index contributed by atoms with van der Waals surface area (Å²) in [5.74, 6) is 0.523. The van der Waals surface area contributed by atoms with Crippen molar-refractivity contribution in [3.8, 4) is 17.1 Å². The second-order valence-corrected chi connectivity index (χ2v) is 5.85. The van der Waals surface area contributed by atoms with Crippen LogP contribution in [0.1, 0.15) is 5.56 Å². The first-order valence-electron chi connectivity index (χ1n) is 7.12. The Bertz CT molecular complexity index is 929. The van der Waals surface area contributed by atoms with Crippen LogP contribution in [0.2, 0.25) is 5.02 Å². The zero-order valence-corrected chi connectivity index (χ0v) is 12.8. The molecular formula is C17H10ClF3N2O. The minimum atomic E-state index is -4.49. The van der Waals surface area contributed by atoms with Crippen LogP contribution in [0, 0.1) is 0 Å². The molecule has 3 aromatic rings. The van der Waals surface area contributed by atoms with Crippen molar-refractivity contribution < 1.29 is 17.9 Å². The van der Waals surface area contributed by atoms with Gasteiger partial charge in [0.05, 0.1) is 16.6 Å². The lowest BCUT2D eigenvalue weighted by Gasteiger charge is -2.25. The van der Waals surface area contributed by atoms with E-state index in [1.165, 1.54) is 6.08 Å². The number of para-hydroxylation sites is 2. The molecule has 0 saturated heterocycles. The van der Waals surface area contributed by atoms with Crippen molar-refractivity contribution in [2.24, 2.45) is 0 Å². The molecule has 122 valence electrons. The van der Waals surface area contributed by atoms with Crippen LogP contribution >= 0.6 is 11.6 Å². The van der Waals surface area contributed by atoms with E-state index in [2.05, 4.69) is 9.97 Å². The van der Waals surface area contributed by atoms with Gasteiger partial charge in [-0.05, 0) is 30.3 Å². The van der Waals surface area contributed by atoms with E-state index in [1.807, 2.05) is 24.3 Å². The smallest absolute Gasteiger partial charge is 0.429 e. The van der Waals surface area contributed by atoms with Crippen LogP contribution in [-0.2, 0) is 0 Å². The van der Waals surface area contributed by atoms with Gasteiger partial charge in [0.15, 0.2) is 0 Å². The predicted octanol–water partition coefficient (Wildman–Crippen LogP) is 5.22. The third kappa shape index (κ3) is 2.53. The predicted molar refractivity (Wildman–Crippen MR) is 86.0 cm³/mol. The summed E-state index contributed by atoms with van der Waals surface area (Å²) >= 11 is 6.10. The molecule has 0 radical (unpaired) electrons. The highest BCUT2D eigenvalue weighted by atomic mass is 35.5. The third-order valence-electron chi connectivity index (χ3n) is 3.74. The Labute approximate surface area is 139 Å². The summed E-state index contributed by atoms with van der Waals surface area (Å²) < 4.78 is 44.2. The van der Waals surface area contributed by atoms with Crippen LogP contribution in [0.3, 0.4) is 0 Å². The van der Waals surface area contributed by atoms with Crippen molar-refractivity contribution in [1.82, 2.24) is 9.97 Å². The fourth-order valence-corrected chi connectivity index (χ4v) is 2.89. The molecule has 0 amide bonds. The van der Waals surface area contributed by atoms with Gasteiger partial charge in [-0.1, -0.05) is 29.8 Å². The summed E-state index contributed by atoms with van der Waals surface area (Å²) in [5, 5.41) is 0.392. The molecule has 0 fully saturated rings. The lowest BCUT2D eigenvalue weighted by Crippen LogP contribution is -2.34. The normalized spacial score (nSPS) is 16.9. The van der Waals surface area contributed by atoms with Gasteiger partial charge in [-0.3, -0.25) is 0 Å². The lowest BCUT2D eigenvalue weighted by molar-refractivity contribution is -0.180. The molecule has 0 saturated carbocycles. The molecule has 1 N–H and O–H groups in total. The standard InChI is InChI=1S/C17H10ClF3N2O/c18-10-7-9-5-6-14(17(19,20)21)24-15(9)11(8-10)16-22-12-3-1-2-4-13(12)23-16/h1-8,14H,(H,22,23)/t14-/m0/s1. The summed E-state index contributed by atoms with van der Waals surface area (Å²) in [6.45, 7) is 0. The Balaban J connectivity index is 1.88. The highest BCUT2D eigenvalue weighted by molar-refractivity contribution is 6.31. The molecule has 0 aliphatic carbocycles. The first-order valence-corrected chi connectivity index (χ1v) is 7.50. The number of hydrogen-bond donors (Lipinski definition) is 1. The Morgan fingerprint density at radius 1 is 1.17 bits per heavy atom. The minimum absolute atomic E-state index is 0.114. The van der Waals surface area contributed by atoms with E-state index in [0.29, 0.717) is 27.5 Å². The number of benzene rings is 2. The number of rotatable bonds is 1. The van der Waals surface area contributed by atoms with Crippen LogP contribution in [0.4, 0.5) is 13.2 Å². The molecule has 0 spiro atoms. The number of fused-ring (bicyclic) bond motifs is 2. The van der Waals surface area contributed by atoms with Gasteiger partial charge in [-0.25, -0.2) is 4.98 Å². The van der Waals surface area contributed by atoms with Gasteiger partial charge < -0.3 is 9.72 Å². The molecule has 0 bridgehead atoms. The number of ether oxygens (including phenoxy) is 1. The van der Waals surface area contributed by atoms with E-state index in [4.69, 9.17) is 16.3 Å². The Morgan fingerprint density at radius 3 is 2.71 bits per heavy atom. The van der Waals surface area contributed by atoms with Gasteiger partial charge in [0, 0.05) is 10.6 Å². The van der Waals surface area contributed by atoms with Gasteiger partial charge >= 0.3 is 6.18 Å². The lowest BCUT2D eigenvalue weighted by atomic mass is 10.0. The quantitative estimate of drug-likeness (QED) is 0.653. The van der Waals surface area contributed by atoms with Gasteiger partial charge in [-0.2, -0.15) is 13.2 Å². The molecule has 1 aromatic heterocycles. The molecule has 7 heteroatoms. The number of nitrogens with one attached hydrogen (secondary N) is 1. The number of halogens is 4. The Kier molecular flexibility index (Phi) is 3.31. The monoisotopic (exact) mass is 350 g/mol. The SMILES string of the molecule is FC(F)(F)[C@@H]1C=Cc2cc(Cl)cc(-c3nc4ccccc4[nH]3)c2O1. The Hall–Kier alpha value is -2.47. The molecule has 2 aromatic carbocycles. The van der Waals surface area contributed by atoms with Crippen LogP contribution in [0.5, 0.6) is 5.75 Å². The number of H-pyrrole nitrogens is 1. The van der Waals surface area contributed by atoms with Gasteiger partial charge in [0.2, 0.25) is 6.10 Å². The van der Waals surface area contributed by atoms with Crippen molar-refractivity contribution in [3.63, 3.8) is 0 Å². The number of nitrogens with zero attached hydrogens (tertiary/aromatic N) is 1. The molecule has 4 rings (SSSR count). The molecule has 1 aliphatic heterocycles. The molecule has 3 nitrogen and oxygen atoms in total. The molecule has 1 atom stereocenters. The van der Waals surface area contributed by atoms with Gasteiger partial charge in [0.1, 0.15) is 11.6 Å². The summed E-state index contributed by atoms with van der Waals surface area (Å²) in [6, 6.07) is 10.4.